The van der Waals surface area contributed by atoms with Gasteiger partial charge in [-0.2, -0.15) is 0 Å². The number of benzene rings is 1. The van der Waals surface area contributed by atoms with Gasteiger partial charge in [-0.3, -0.25) is 0 Å². The number of ether oxygens (including phenoxy) is 2. The van der Waals surface area contributed by atoms with Gasteiger partial charge >= 0.3 is 0 Å². The molecule has 0 bridgehead atoms. The topological polar surface area (TPSA) is 56.5 Å². The van der Waals surface area contributed by atoms with Gasteiger partial charge in [-0.05, 0) is 18.2 Å². The molecule has 0 aromatic heterocycles. The molecule has 0 aliphatic carbocycles. The average molecular weight is 194 g/mol. The second-order valence-corrected chi connectivity index (χ2v) is 3.18. The Balaban J connectivity index is 2.23. The highest BCUT2D eigenvalue weighted by Gasteiger charge is 2.15. The van der Waals surface area contributed by atoms with E-state index in [0.717, 1.165) is 35.8 Å². The number of hydrogen-bond donors (Lipinski definition) is 2. The lowest BCUT2D eigenvalue weighted by Crippen LogP contribution is -2.13. The molecule has 0 unspecified atom stereocenters. The molecule has 2 rings (SSSR count). The summed E-state index contributed by atoms with van der Waals surface area (Å²) in [6, 6.07) is 3.75. The summed E-state index contributed by atoms with van der Waals surface area (Å²) in [6.07, 6.45) is 0. The number of nitrogens with two attached hydrogens (primary N) is 1. The van der Waals surface area contributed by atoms with Crippen LogP contribution in [0.3, 0.4) is 0 Å². The highest BCUT2D eigenvalue weighted by Crippen LogP contribution is 2.35. The molecule has 0 fully saturated rings. The van der Waals surface area contributed by atoms with Crippen molar-refractivity contribution in [2.75, 3.05) is 19.1 Å². The van der Waals surface area contributed by atoms with Crippen molar-refractivity contribution in [1.82, 2.24) is 5.32 Å². The van der Waals surface area contributed by atoms with Crippen molar-refractivity contribution in [2.45, 2.75) is 13.5 Å². The Morgan fingerprint density at radius 2 is 2.07 bits per heavy atom. The highest BCUT2D eigenvalue weighted by atomic mass is 16.7. The van der Waals surface area contributed by atoms with E-state index in [1.807, 2.05) is 12.1 Å². The van der Waals surface area contributed by atoms with Crippen molar-refractivity contribution in [3.05, 3.63) is 17.7 Å². The van der Waals surface area contributed by atoms with Crippen molar-refractivity contribution >= 4 is 5.69 Å². The number of anilines is 1. The van der Waals surface area contributed by atoms with Gasteiger partial charge in [0.2, 0.25) is 6.79 Å². The third kappa shape index (κ3) is 1.61. The third-order valence-electron chi connectivity index (χ3n) is 2.20. The predicted molar refractivity (Wildman–Crippen MR) is 54.4 cm³/mol. The van der Waals surface area contributed by atoms with Crippen LogP contribution in [0.5, 0.6) is 11.5 Å². The molecule has 0 saturated carbocycles. The first-order valence-electron chi connectivity index (χ1n) is 4.70. The summed E-state index contributed by atoms with van der Waals surface area (Å²) in [4.78, 5) is 0. The van der Waals surface area contributed by atoms with E-state index < -0.39 is 0 Å². The third-order valence-corrected chi connectivity index (χ3v) is 2.20. The lowest BCUT2D eigenvalue weighted by molar-refractivity contribution is 0.174. The maximum Gasteiger partial charge on any atom is 0.231 e. The lowest BCUT2D eigenvalue weighted by Gasteiger charge is -2.07. The molecule has 76 valence electrons. The Kier molecular flexibility index (Phi) is 2.45. The van der Waals surface area contributed by atoms with E-state index in [1.54, 1.807) is 0 Å². The van der Waals surface area contributed by atoms with Crippen molar-refractivity contribution in [2.24, 2.45) is 0 Å². The average Bonchev–Trinajstić information content (AvgIpc) is 2.61. The molecule has 0 amide bonds. The van der Waals surface area contributed by atoms with Crippen molar-refractivity contribution in [3.8, 4) is 11.5 Å². The van der Waals surface area contributed by atoms with Crippen molar-refractivity contribution in [3.63, 3.8) is 0 Å². The first-order chi connectivity index (χ1) is 6.81. The Bertz CT molecular complexity index is 339. The van der Waals surface area contributed by atoms with E-state index >= 15 is 0 Å². The SMILES string of the molecule is CCNCc1cc2c(cc1N)OCO2. The van der Waals surface area contributed by atoms with Crippen LogP contribution in [0.15, 0.2) is 12.1 Å². The van der Waals surface area contributed by atoms with Crippen LogP contribution in [0.25, 0.3) is 0 Å². The van der Waals surface area contributed by atoms with Gasteiger partial charge < -0.3 is 20.5 Å². The zero-order chi connectivity index (χ0) is 9.97. The predicted octanol–water partition coefficient (Wildman–Crippen LogP) is 1.11. The lowest BCUT2D eigenvalue weighted by atomic mass is 10.1. The van der Waals surface area contributed by atoms with Gasteiger partial charge in [0, 0.05) is 18.3 Å². The van der Waals surface area contributed by atoms with E-state index in [-0.39, 0.29) is 0 Å². The van der Waals surface area contributed by atoms with E-state index in [2.05, 4.69) is 12.2 Å². The smallest absolute Gasteiger partial charge is 0.231 e. The summed E-state index contributed by atoms with van der Waals surface area (Å²) in [5.41, 5.74) is 7.66. The fourth-order valence-corrected chi connectivity index (χ4v) is 1.41. The van der Waals surface area contributed by atoms with E-state index in [4.69, 9.17) is 15.2 Å². The molecule has 1 heterocycles. The molecule has 0 radical (unpaired) electrons. The molecule has 0 spiro atoms. The molecule has 1 aliphatic rings. The molecular formula is C10H14N2O2. The number of hydrogen-bond acceptors (Lipinski definition) is 4. The zero-order valence-electron chi connectivity index (χ0n) is 8.17. The van der Waals surface area contributed by atoms with Crippen LogP contribution < -0.4 is 20.5 Å². The molecule has 14 heavy (non-hydrogen) atoms. The van der Waals surface area contributed by atoms with Crippen molar-refractivity contribution in [1.29, 1.82) is 0 Å². The molecule has 1 aromatic rings. The minimum Gasteiger partial charge on any atom is -0.454 e. The molecule has 3 N–H and O–H groups in total. The van der Waals surface area contributed by atoms with Gasteiger partial charge in [0.15, 0.2) is 11.5 Å². The summed E-state index contributed by atoms with van der Waals surface area (Å²) in [7, 11) is 0. The van der Waals surface area contributed by atoms with Crippen LogP contribution in [0, 0.1) is 0 Å². The molecule has 1 aromatic carbocycles. The van der Waals surface area contributed by atoms with Crippen LogP contribution >= 0.6 is 0 Å². The first-order valence-corrected chi connectivity index (χ1v) is 4.70. The van der Waals surface area contributed by atoms with E-state index in [0.29, 0.717) is 6.79 Å². The highest BCUT2D eigenvalue weighted by molar-refractivity contribution is 5.58. The van der Waals surface area contributed by atoms with E-state index in [1.165, 1.54) is 0 Å². The maximum absolute atomic E-state index is 5.86. The number of nitrogens with one attached hydrogen (secondary N) is 1. The van der Waals surface area contributed by atoms with Gasteiger partial charge in [0.25, 0.3) is 0 Å². The largest absolute Gasteiger partial charge is 0.454 e. The number of fused-ring (bicyclic) bond motifs is 1. The summed E-state index contributed by atoms with van der Waals surface area (Å²) in [5, 5.41) is 3.22. The Labute approximate surface area is 83.0 Å². The van der Waals surface area contributed by atoms with Gasteiger partial charge in [0.1, 0.15) is 0 Å². The summed E-state index contributed by atoms with van der Waals surface area (Å²) in [6.45, 7) is 4.04. The van der Waals surface area contributed by atoms with Crippen LogP contribution in [-0.2, 0) is 6.54 Å². The van der Waals surface area contributed by atoms with Gasteiger partial charge in [-0.15, -0.1) is 0 Å². The normalized spacial score (nSPS) is 13.2. The summed E-state index contributed by atoms with van der Waals surface area (Å²) < 4.78 is 10.5. The van der Waals surface area contributed by atoms with Crippen molar-refractivity contribution < 1.29 is 9.47 Å². The fraction of sp³-hybridized carbons (Fsp3) is 0.400. The minimum atomic E-state index is 0.291. The molecule has 4 nitrogen and oxygen atoms in total. The standard InChI is InChI=1S/C10H14N2O2/c1-2-12-5-7-3-9-10(4-8(7)11)14-6-13-9/h3-4,12H,2,5-6,11H2,1H3. The molecule has 4 heteroatoms. The first kappa shape index (κ1) is 9.15. The second kappa shape index (κ2) is 3.75. The van der Waals surface area contributed by atoms with Crippen LogP contribution in [0.4, 0.5) is 5.69 Å². The minimum absolute atomic E-state index is 0.291. The van der Waals surface area contributed by atoms with Gasteiger partial charge in [0.05, 0.1) is 0 Å². The second-order valence-electron chi connectivity index (χ2n) is 3.18. The monoisotopic (exact) mass is 194 g/mol. The maximum atomic E-state index is 5.86. The Morgan fingerprint density at radius 1 is 1.36 bits per heavy atom. The van der Waals surface area contributed by atoms with Crippen LogP contribution in [-0.4, -0.2) is 13.3 Å². The summed E-state index contributed by atoms with van der Waals surface area (Å²) in [5.74, 6) is 1.52. The van der Waals surface area contributed by atoms with Crippen LogP contribution in [0.1, 0.15) is 12.5 Å². The molecule has 0 saturated heterocycles. The van der Waals surface area contributed by atoms with Crippen LogP contribution in [0.2, 0.25) is 0 Å². The number of nitrogen functional groups attached to an aromatic ring is 1. The Morgan fingerprint density at radius 3 is 2.79 bits per heavy atom. The zero-order valence-corrected chi connectivity index (χ0v) is 8.17. The number of rotatable bonds is 3. The summed E-state index contributed by atoms with van der Waals surface area (Å²) >= 11 is 0. The fourth-order valence-electron chi connectivity index (χ4n) is 1.41. The molecule has 1 aliphatic heterocycles. The van der Waals surface area contributed by atoms with Gasteiger partial charge in [-0.1, -0.05) is 6.92 Å². The Hall–Kier alpha value is -1.42. The van der Waals surface area contributed by atoms with Gasteiger partial charge in [-0.25, -0.2) is 0 Å². The quantitative estimate of drug-likeness (QED) is 0.708. The molecular weight excluding hydrogens is 180 g/mol. The molecule has 0 atom stereocenters. The van der Waals surface area contributed by atoms with E-state index in [9.17, 15) is 0 Å².